The third kappa shape index (κ3) is 2.26. The van der Waals surface area contributed by atoms with Gasteiger partial charge in [-0.15, -0.1) is 0 Å². The molecule has 0 aromatic carbocycles. The van der Waals surface area contributed by atoms with Crippen molar-refractivity contribution in [3.05, 3.63) is 27.5 Å². The summed E-state index contributed by atoms with van der Waals surface area (Å²) in [6, 6.07) is 0. The first-order valence-corrected chi connectivity index (χ1v) is 5.47. The first kappa shape index (κ1) is 11.0. The van der Waals surface area contributed by atoms with E-state index in [0.29, 0.717) is 15.5 Å². The van der Waals surface area contributed by atoms with E-state index in [4.69, 9.17) is 0 Å². The predicted molar refractivity (Wildman–Crippen MR) is 54.3 cm³/mol. The Morgan fingerprint density at radius 1 is 1.54 bits per heavy atom. The number of rotatable bonds is 2. The molecule has 0 aliphatic carbocycles. The topological polar surface area (TPSA) is 12.9 Å². The Morgan fingerprint density at radius 2 is 2.15 bits per heavy atom. The third-order valence-corrected chi connectivity index (χ3v) is 3.06. The number of halogens is 4. The van der Waals surface area contributed by atoms with Gasteiger partial charge in [-0.3, -0.25) is 0 Å². The van der Waals surface area contributed by atoms with E-state index in [1.165, 1.54) is 6.20 Å². The number of alkyl halides is 3. The van der Waals surface area contributed by atoms with Gasteiger partial charge in [-0.05, 0) is 34.0 Å². The molecule has 0 saturated carbocycles. The van der Waals surface area contributed by atoms with Crippen LogP contribution in [0.5, 0.6) is 0 Å². The summed E-state index contributed by atoms with van der Waals surface area (Å²) >= 11 is 6.43. The van der Waals surface area contributed by atoms with Gasteiger partial charge in [0.2, 0.25) is 0 Å². The maximum Gasteiger partial charge on any atom is 0.265 e. The van der Waals surface area contributed by atoms with Crippen LogP contribution < -0.4 is 0 Å². The van der Waals surface area contributed by atoms with Crippen molar-refractivity contribution in [2.75, 3.05) is 0 Å². The van der Waals surface area contributed by atoms with Crippen molar-refractivity contribution in [3.63, 3.8) is 0 Å². The highest BCUT2D eigenvalue weighted by atomic mass is 79.9. The van der Waals surface area contributed by atoms with Crippen LogP contribution in [0.15, 0.2) is 10.8 Å². The zero-order valence-electron chi connectivity index (χ0n) is 6.82. The quantitative estimate of drug-likeness (QED) is 0.594. The minimum atomic E-state index is -2.46. The third-order valence-electron chi connectivity index (χ3n) is 1.82. The second kappa shape index (κ2) is 4.46. The Labute approximate surface area is 91.8 Å². The Bertz CT molecular complexity index is 315. The molecule has 72 valence electrons. The molecule has 0 unspecified atom stereocenters. The van der Waals surface area contributed by atoms with E-state index in [0.717, 1.165) is 5.56 Å². The molecule has 0 amide bonds. The average Bonchev–Trinajstić information content (AvgIpc) is 2.04. The van der Waals surface area contributed by atoms with Gasteiger partial charge in [0.15, 0.2) is 0 Å². The van der Waals surface area contributed by atoms with Crippen molar-refractivity contribution in [2.45, 2.75) is 18.7 Å². The molecule has 13 heavy (non-hydrogen) atoms. The van der Waals surface area contributed by atoms with E-state index in [2.05, 4.69) is 36.8 Å². The van der Waals surface area contributed by atoms with E-state index in [-0.39, 0.29) is 5.56 Å². The molecule has 0 aliphatic rings. The van der Waals surface area contributed by atoms with Crippen molar-refractivity contribution in [1.29, 1.82) is 0 Å². The molecule has 1 aromatic heterocycles. The minimum Gasteiger partial charge on any atom is -0.249 e. The van der Waals surface area contributed by atoms with Crippen LogP contribution in [0.2, 0.25) is 0 Å². The summed E-state index contributed by atoms with van der Waals surface area (Å²) in [5.41, 5.74) is 1.37. The summed E-state index contributed by atoms with van der Waals surface area (Å²) in [5.74, 6) is 0. The molecule has 0 spiro atoms. The van der Waals surface area contributed by atoms with Crippen molar-refractivity contribution < 1.29 is 8.78 Å². The normalized spacial score (nSPS) is 10.9. The maximum absolute atomic E-state index is 12.4. The predicted octanol–water partition coefficient (Wildman–Crippen LogP) is 3.99. The van der Waals surface area contributed by atoms with E-state index >= 15 is 0 Å². The van der Waals surface area contributed by atoms with Crippen LogP contribution in [0.1, 0.15) is 23.1 Å². The Balaban J connectivity index is 3.27. The van der Waals surface area contributed by atoms with Gasteiger partial charge in [0, 0.05) is 17.1 Å². The van der Waals surface area contributed by atoms with Crippen molar-refractivity contribution in [2.24, 2.45) is 0 Å². The Kier molecular flexibility index (Phi) is 3.79. The lowest BCUT2D eigenvalue weighted by Gasteiger charge is -2.09. The molecule has 0 bridgehead atoms. The lowest BCUT2D eigenvalue weighted by Crippen LogP contribution is -1.97. The van der Waals surface area contributed by atoms with Crippen LogP contribution in [-0.4, -0.2) is 4.98 Å². The Hall–Kier alpha value is -0.0300. The van der Waals surface area contributed by atoms with Gasteiger partial charge in [0.1, 0.15) is 4.60 Å². The second-order valence-corrected chi connectivity index (χ2v) is 3.85. The highest BCUT2D eigenvalue weighted by Crippen LogP contribution is 2.28. The van der Waals surface area contributed by atoms with Crippen LogP contribution >= 0.6 is 31.9 Å². The molecule has 1 aromatic rings. The molecule has 1 rings (SSSR count). The minimum absolute atomic E-state index is 0.00218. The number of pyridine rings is 1. The lowest BCUT2D eigenvalue weighted by atomic mass is 10.1. The van der Waals surface area contributed by atoms with E-state index in [9.17, 15) is 8.78 Å². The summed E-state index contributed by atoms with van der Waals surface area (Å²) in [6.45, 7) is 1.67. The number of hydrogen-bond donors (Lipinski definition) is 0. The van der Waals surface area contributed by atoms with Crippen LogP contribution in [-0.2, 0) is 5.33 Å². The van der Waals surface area contributed by atoms with Crippen molar-refractivity contribution in [1.82, 2.24) is 4.98 Å². The molecule has 0 radical (unpaired) electrons. The van der Waals surface area contributed by atoms with Crippen LogP contribution in [0, 0.1) is 6.92 Å². The van der Waals surface area contributed by atoms with E-state index in [1.807, 2.05) is 0 Å². The van der Waals surface area contributed by atoms with E-state index < -0.39 is 6.43 Å². The lowest BCUT2D eigenvalue weighted by molar-refractivity contribution is 0.150. The zero-order valence-corrected chi connectivity index (χ0v) is 9.99. The van der Waals surface area contributed by atoms with Crippen LogP contribution in [0.25, 0.3) is 0 Å². The average molecular weight is 315 g/mol. The molecule has 0 N–H and O–H groups in total. The molecular weight excluding hydrogens is 308 g/mol. The summed E-state index contributed by atoms with van der Waals surface area (Å²) in [6.07, 6.45) is -1.26. The summed E-state index contributed by atoms with van der Waals surface area (Å²) in [7, 11) is 0. The van der Waals surface area contributed by atoms with Gasteiger partial charge < -0.3 is 0 Å². The second-order valence-electron chi connectivity index (χ2n) is 2.54. The summed E-state index contributed by atoms with van der Waals surface area (Å²) in [4.78, 5) is 3.84. The van der Waals surface area contributed by atoms with Gasteiger partial charge in [-0.25, -0.2) is 13.8 Å². The molecule has 0 aliphatic heterocycles. The Morgan fingerprint density at radius 3 is 2.62 bits per heavy atom. The van der Waals surface area contributed by atoms with Crippen molar-refractivity contribution >= 4 is 31.9 Å². The van der Waals surface area contributed by atoms with Crippen LogP contribution in [0.4, 0.5) is 8.78 Å². The van der Waals surface area contributed by atoms with Crippen molar-refractivity contribution in [3.8, 4) is 0 Å². The highest BCUT2D eigenvalue weighted by Gasteiger charge is 2.15. The SMILES string of the molecule is Cc1c(C(F)F)cnc(Br)c1CBr. The van der Waals surface area contributed by atoms with Gasteiger partial charge >= 0.3 is 0 Å². The largest absolute Gasteiger partial charge is 0.265 e. The molecule has 0 atom stereocenters. The van der Waals surface area contributed by atoms with Gasteiger partial charge in [0.05, 0.1) is 0 Å². The van der Waals surface area contributed by atoms with Gasteiger partial charge in [-0.2, -0.15) is 0 Å². The standard InChI is InChI=1S/C8H7Br2F2N/c1-4-5(2-9)7(10)13-3-6(4)8(11)12/h3,8H,2H2,1H3. The van der Waals surface area contributed by atoms with Gasteiger partial charge in [-0.1, -0.05) is 15.9 Å². The molecule has 0 saturated heterocycles. The summed E-state index contributed by atoms with van der Waals surface area (Å²) < 4.78 is 25.4. The fourth-order valence-corrected chi connectivity index (χ4v) is 2.61. The molecule has 1 heterocycles. The van der Waals surface area contributed by atoms with Crippen LogP contribution in [0.3, 0.4) is 0 Å². The first-order chi connectivity index (χ1) is 6.07. The fraction of sp³-hybridized carbons (Fsp3) is 0.375. The highest BCUT2D eigenvalue weighted by molar-refractivity contribution is 9.10. The molecular formula is C8H7Br2F2N. The molecule has 5 heteroatoms. The zero-order chi connectivity index (χ0) is 10.0. The smallest absolute Gasteiger partial charge is 0.249 e. The van der Waals surface area contributed by atoms with Gasteiger partial charge in [0.25, 0.3) is 6.43 Å². The monoisotopic (exact) mass is 313 g/mol. The summed E-state index contributed by atoms with van der Waals surface area (Å²) in [5, 5.41) is 0.521. The number of aromatic nitrogens is 1. The maximum atomic E-state index is 12.4. The number of hydrogen-bond acceptors (Lipinski definition) is 1. The molecule has 1 nitrogen and oxygen atoms in total. The number of nitrogens with zero attached hydrogens (tertiary/aromatic N) is 1. The molecule has 0 fully saturated rings. The van der Waals surface area contributed by atoms with E-state index in [1.54, 1.807) is 6.92 Å². The fourth-order valence-electron chi connectivity index (χ4n) is 1.01. The first-order valence-electron chi connectivity index (χ1n) is 3.56.